The van der Waals surface area contributed by atoms with E-state index in [9.17, 15) is 9.90 Å². The van der Waals surface area contributed by atoms with Gasteiger partial charge < -0.3 is 20.3 Å². The van der Waals surface area contributed by atoms with Crippen LogP contribution in [-0.2, 0) is 9.47 Å². The lowest BCUT2D eigenvalue weighted by Gasteiger charge is -2.20. The number of aromatic nitrogens is 2. The van der Waals surface area contributed by atoms with Crippen LogP contribution in [-0.4, -0.2) is 51.9 Å². The predicted molar refractivity (Wildman–Crippen MR) is 97.9 cm³/mol. The molecular formula is C14H22BN3O4S2. The van der Waals surface area contributed by atoms with E-state index in [4.69, 9.17) is 23.1 Å². The molecule has 2 radical (unpaired) electrons. The van der Waals surface area contributed by atoms with Gasteiger partial charge in [-0.25, -0.2) is 4.79 Å². The van der Waals surface area contributed by atoms with Gasteiger partial charge in [-0.05, 0) is 17.1 Å². The van der Waals surface area contributed by atoms with Crippen molar-refractivity contribution >= 4 is 35.3 Å². The SMILES string of the molecule is [B]C(C)(C)SSCO[C@@H]1C[C@H](n2ccc(N)nc2=O)OC1CCO. The summed E-state index contributed by atoms with van der Waals surface area (Å²) in [6.45, 7) is 3.84. The molecule has 1 saturated heterocycles. The molecule has 24 heavy (non-hydrogen) atoms. The molecule has 132 valence electrons. The molecule has 0 spiro atoms. The summed E-state index contributed by atoms with van der Waals surface area (Å²) < 4.78 is 12.8. The van der Waals surface area contributed by atoms with E-state index >= 15 is 0 Å². The molecule has 1 unspecified atom stereocenters. The van der Waals surface area contributed by atoms with Crippen LogP contribution in [0.2, 0.25) is 0 Å². The molecule has 1 aromatic heterocycles. The third kappa shape index (κ3) is 5.70. The highest BCUT2D eigenvalue weighted by Gasteiger charge is 2.37. The van der Waals surface area contributed by atoms with Gasteiger partial charge in [0.25, 0.3) is 0 Å². The van der Waals surface area contributed by atoms with E-state index in [-0.39, 0.29) is 29.3 Å². The average Bonchev–Trinajstić information content (AvgIpc) is 2.86. The molecule has 0 aromatic carbocycles. The Kier molecular flexibility index (Phi) is 7.05. The second-order valence-corrected chi connectivity index (χ2v) is 8.94. The summed E-state index contributed by atoms with van der Waals surface area (Å²) >= 11 is 0. The molecule has 1 aromatic rings. The van der Waals surface area contributed by atoms with Crippen LogP contribution in [0.25, 0.3) is 0 Å². The Morgan fingerprint density at radius 2 is 2.38 bits per heavy atom. The lowest BCUT2D eigenvalue weighted by atomic mass is 9.91. The third-order valence-electron chi connectivity index (χ3n) is 3.36. The summed E-state index contributed by atoms with van der Waals surface area (Å²) in [5.74, 6) is 0.620. The zero-order valence-electron chi connectivity index (χ0n) is 13.8. The van der Waals surface area contributed by atoms with Gasteiger partial charge in [-0.2, -0.15) is 4.98 Å². The first-order chi connectivity index (χ1) is 11.3. The highest BCUT2D eigenvalue weighted by molar-refractivity contribution is 8.77. The van der Waals surface area contributed by atoms with Crippen molar-refractivity contribution in [3.05, 3.63) is 22.7 Å². The normalized spacial score (nSPS) is 24.4. The van der Waals surface area contributed by atoms with E-state index in [0.29, 0.717) is 18.8 Å². The molecule has 1 aliphatic heterocycles. The number of nitrogens with zero attached hydrogens (tertiary/aromatic N) is 2. The average molecular weight is 371 g/mol. The van der Waals surface area contributed by atoms with E-state index < -0.39 is 11.9 Å². The largest absolute Gasteiger partial charge is 0.396 e. The maximum atomic E-state index is 11.9. The summed E-state index contributed by atoms with van der Waals surface area (Å²) in [5, 5.41) is 9.21. The van der Waals surface area contributed by atoms with E-state index in [2.05, 4.69) is 4.98 Å². The number of nitrogen functional groups attached to an aromatic ring is 1. The summed E-state index contributed by atoms with van der Waals surface area (Å²) in [7, 11) is 8.96. The van der Waals surface area contributed by atoms with Crippen molar-refractivity contribution in [2.75, 3.05) is 18.3 Å². The molecule has 1 fully saturated rings. The molecular weight excluding hydrogens is 349 g/mol. The number of aliphatic hydroxyl groups is 1. The molecule has 3 atom stereocenters. The fourth-order valence-electron chi connectivity index (χ4n) is 2.37. The van der Waals surface area contributed by atoms with Gasteiger partial charge in [-0.1, -0.05) is 35.4 Å². The van der Waals surface area contributed by atoms with Crippen molar-refractivity contribution in [3.63, 3.8) is 0 Å². The number of aliphatic hydroxyl groups excluding tert-OH is 1. The Morgan fingerprint density at radius 3 is 3.00 bits per heavy atom. The number of ether oxygens (including phenoxy) is 2. The summed E-state index contributed by atoms with van der Waals surface area (Å²) in [6.07, 6.45) is 1.55. The topological polar surface area (TPSA) is 99.6 Å². The quantitative estimate of drug-likeness (QED) is 0.304. The minimum absolute atomic E-state index is 0.0101. The van der Waals surface area contributed by atoms with Crippen molar-refractivity contribution in [3.8, 4) is 0 Å². The monoisotopic (exact) mass is 371 g/mol. The number of hydrogen-bond donors (Lipinski definition) is 2. The van der Waals surface area contributed by atoms with Gasteiger partial charge in [-0.15, -0.1) is 0 Å². The first-order valence-corrected chi connectivity index (χ1v) is 9.94. The molecule has 7 nitrogen and oxygen atoms in total. The van der Waals surface area contributed by atoms with Gasteiger partial charge in [-0.3, -0.25) is 4.57 Å². The van der Waals surface area contributed by atoms with Gasteiger partial charge in [0.05, 0.1) is 20.1 Å². The van der Waals surface area contributed by atoms with Crippen LogP contribution in [0.1, 0.15) is 32.9 Å². The second kappa shape index (κ2) is 8.62. The van der Waals surface area contributed by atoms with Crippen molar-refractivity contribution in [2.45, 2.75) is 49.8 Å². The number of hydrogen-bond acceptors (Lipinski definition) is 8. The fraction of sp³-hybridized carbons (Fsp3) is 0.714. The van der Waals surface area contributed by atoms with Crippen molar-refractivity contribution in [1.82, 2.24) is 9.55 Å². The predicted octanol–water partition coefficient (Wildman–Crippen LogP) is 1.12. The molecule has 2 heterocycles. The van der Waals surface area contributed by atoms with Crippen LogP contribution >= 0.6 is 21.6 Å². The van der Waals surface area contributed by atoms with Gasteiger partial charge >= 0.3 is 5.69 Å². The molecule has 0 saturated carbocycles. The van der Waals surface area contributed by atoms with Crippen LogP contribution in [0.4, 0.5) is 5.82 Å². The molecule has 3 N–H and O–H groups in total. The van der Waals surface area contributed by atoms with E-state index in [1.165, 1.54) is 26.2 Å². The van der Waals surface area contributed by atoms with E-state index in [0.717, 1.165) is 0 Å². The van der Waals surface area contributed by atoms with E-state index in [1.807, 2.05) is 13.8 Å². The number of anilines is 1. The smallest absolute Gasteiger partial charge is 0.351 e. The van der Waals surface area contributed by atoms with Crippen molar-refractivity contribution < 1.29 is 14.6 Å². The molecule has 1 aliphatic rings. The van der Waals surface area contributed by atoms with E-state index in [1.54, 1.807) is 12.3 Å². The van der Waals surface area contributed by atoms with Gasteiger partial charge in [0.1, 0.15) is 18.0 Å². The van der Waals surface area contributed by atoms with Crippen LogP contribution < -0.4 is 11.4 Å². The minimum Gasteiger partial charge on any atom is -0.396 e. The lowest BCUT2D eigenvalue weighted by Crippen LogP contribution is -2.27. The lowest BCUT2D eigenvalue weighted by molar-refractivity contribution is -0.0407. The van der Waals surface area contributed by atoms with Crippen LogP contribution in [0, 0.1) is 0 Å². The van der Waals surface area contributed by atoms with Gasteiger partial charge in [0.15, 0.2) is 0 Å². The Hall–Kier alpha value is -0.675. The molecule has 2 rings (SSSR count). The highest BCUT2D eigenvalue weighted by atomic mass is 33.1. The van der Waals surface area contributed by atoms with Crippen molar-refractivity contribution in [2.24, 2.45) is 0 Å². The Bertz CT molecular complexity index is 596. The molecule has 0 aliphatic carbocycles. The number of nitrogens with two attached hydrogens (primary N) is 1. The summed E-state index contributed by atoms with van der Waals surface area (Å²) in [5.41, 5.74) is 5.05. The maximum Gasteiger partial charge on any atom is 0.351 e. The molecule has 0 amide bonds. The Balaban J connectivity index is 1.96. The zero-order valence-corrected chi connectivity index (χ0v) is 15.4. The van der Waals surface area contributed by atoms with Gasteiger partial charge in [0.2, 0.25) is 0 Å². The number of rotatable bonds is 8. The second-order valence-electron chi connectivity index (χ2n) is 6.05. The van der Waals surface area contributed by atoms with Gasteiger partial charge in [0, 0.05) is 19.2 Å². The minimum atomic E-state index is -0.476. The zero-order chi connectivity index (χ0) is 17.7. The summed E-state index contributed by atoms with van der Waals surface area (Å²) in [4.78, 5) is 15.7. The Morgan fingerprint density at radius 1 is 1.62 bits per heavy atom. The molecule has 0 bridgehead atoms. The third-order valence-corrected chi connectivity index (χ3v) is 6.07. The standard InChI is InChI=1S/C14H22BN3O4S2/c1-14(2,15)24-23-8-21-10-7-12(22-9(10)4-6-19)18-5-3-11(16)17-13(18)20/h3,5,9-10,12,19H,4,6-8H2,1-2H3,(H2,16,17,20)/t9?,10-,12-/m1/s1. The fourth-order valence-corrected chi connectivity index (χ4v) is 4.17. The van der Waals surface area contributed by atoms with Crippen molar-refractivity contribution in [1.29, 1.82) is 0 Å². The maximum absolute atomic E-state index is 11.9. The highest BCUT2D eigenvalue weighted by Crippen LogP contribution is 2.36. The Labute approximate surface area is 150 Å². The van der Waals surface area contributed by atoms with Crippen LogP contribution in [0.5, 0.6) is 0 Å². The summed E-state index contributed by atoms with van der Waals surface area (Å²) in [6, 6.07) is 1.55. The van der Waals surface area contributed by atoms with Crippen LogP contribution in [0.3, 0.4) is 0 Å². The first kappa shape index (κ1) is 19.6. The van der Waals surface area contributed by atoms with Crippen LogP contribution in [0.15, 0.2) is 17.1 Å². The molecule has 10 heteroatoms. The first-order valence-electron chi connectivity index (χ1n) is 7.62.